The summed E-state index contributed by atoms with van der Waals surface area (Å²) in [5.74, 6) is -1.00. The van der Waals surface area contributed by atoms with Crippen LogP contribution in [0.4, 0.5) is 11.4 Å². The summed E-state index contributed by atoms with van der Waals surface area (Å²) in [6.45, 7) is 7.09. The SMILES string of the molecule is CC(C)(C)CNc1ccc(N)c(C(=O)O)c1. The third-order valence-corrected chi connectivity index (χ3v) is 2.11. The molecule has 4 N–H and O–H groups in total. The first kappa shape index (κ1) is 12.4. The number of carboxylic acids is 1. The topological polar surface area (TPSA) is 75.3 Å². The van der Waals surface area contributed by atoms with E-state index >= 15 is 0 Å². The highest BCUT2D eigenvalue weighted by molar-refractivity contribution is 5.94. The Labute approximate surface area is 95.5 Å². The van der Waals surface area contributed by atoms with Crippen LogP contribution in [0.2, 0.25) is 0 Å². The van der Waals surface area contributed by atoms with E-state index in [1.54, 1.807) is 18.2 Å². The van der Waals surface area contributed by atoms with E-state index in [4.69, 9.17) is 10.8 Å². The van der Waals surface area contributed by atoms with Gasteiger partial charge in [0.1, 0.15) is 0 Å². The van der Waals surface area contributed by atoms with Gasteiger partial charge in [0.15, 0.2) is 0 Å². The molecule has 0 amide bonds. The Kier molecular flexibility index (Phi) is 3.42. The van der Waals surface area contributed by atoms with E-state index < -0.39 is 5.97 Å². The summed E-state index contributed by atoms with van der Waals surface area (Å²) in [6, 6.07) is 4.95. The van der Waals surface area contributed by atoms with Crippen LogP contribution in [-0.4, -0.2) is 17.6 Å². The molecule has 1 rings (SSSR count). The van der Waals surface area contributed by atoms with Gasteiger partial charge in [-0.1, -0.05) is 20.8 Å². The lowest BCUT2D eigenvalue weighted by atomic mass is 9.97. The number of anilines is 2. The highest BCUT2D eigenvalue weighted by atomic mass is 16.4. The first-order chi connectivity index (χ1) is 7.29. The summed E-state index contributed by atoms with van der Waals surface area (Å²) in [7, 11) is 0. The largest absolute Gasteiger partial charge is 0.478 e. The van der Waals surface area contributed by atoms with Gasteiger partial charge in [-0.25, -0.2) is 4.79 Å². The second-order valence-corrected chi connectivity index (χ2v) is 5.02. The minimum atomic E-state index is -1.00. The van der Waals surface area contributed by atoms with Gasteiger partial charge in [0.05, 0.1) is 5.56 Å². The van der Waals surface area contributed by atoms with Crippen LogP contribution < -0.4 is 11.1 Å². The Balaban J connectivity index is 2.83. The lowest BCUT2D eigenvalue weighted by Crippen LogP contribution is -2.19. The maximum absolute atomic E-state index is 10.9. The number of nitrogens with one attached hydrogen (secondary N) is 1. The number of hydrogen-bond donors (Lipinski definition) is 3. The molecule has 0 radical (unpaired) electrons. The van der Waals surface area contributed by atoms with Gasteiger partial charge < -0.3 is 16.2 Å². The Bertz CT molecular complexity index is 394. The molecule has 4 heteroatoms. The summed E-state index contributed by atoms with van der Waals surface area (Å²) in [5.41, 5.74) is 6.91. The van der Waals surface area contributed by atoms with Crippen molar-refractivity contribution in [3.05, 3.63) is 23.8 Å². The molecule has 0 aromatic heterocycles. The van der Waals surface area contributed by atoms with Crippen molar-refractivity contribution in [2.24, 2.45) is 5.41 Å². The molecule has 0 spiro atoms. The van der Waals surface area contributed by atoms with Gasteiger partial charge in [0, 0.05) is 17.9 Å². The van der Waals surface area contributed by atoms with Gasteiger partial charge in [-0.3, -0.25) is 0 Å². The van der Waals surface area contributed by atoms with Crippen molar-refractivity contribution in [3.8, 4) is 0 Å². The van der Waals surface area contributed by atoms with Crippen molar-refractivity contribution >= 4 is 17.3 Å². The van der Waals surface area contributed by atoms with Crippen LogP contribution in [0.25, 0.3) is 0 Å². The average molecular weight is 222 g/mol. The van der Waals surface area contributed by atoms with Crippen molar-refractivity contribution in [2.75, 3.05) is 17.6 Å². The van der Waals surface area contributed by atoms with E-state index in [0.717, 1.165) is 12.2 Å². The first-order valence-corrected chi connectivity index (χ1v) is 5.16. The summed E-state index contributed by atoms with van der Waals surface area (Å²) >= 11 is 0. The van der Waals surface area contributed by atoms with Gasteiger partial charge >= 0.3 is 5.97 Å². The fraction of sp³-hybridized carbons (Fsp3) is 0.417. The quantitative estimate of drug-likeness (QED) is 0.686. The van der Waals surface area contributed by atoms with Crippen LogP contribution in [-0.2, 0) is 0 Å². The molecule has 16 heavy (non-hydrogen) atoms. The number of carboxylic acid groups (broad SMARTS) is 1. The standard InChI is InChI=1S/C12H18N2O2/c1-12(2,3)7-14-8-4-5-10(13)9(6-8)11(15)16/h4-6,14H,7,13H2,1-3H3,(H,15,16). The zero-order chi connectivity index (χ0) is 12.3. The van der Waals surface area contributed by atoms with Crippen molar-refractivity contribution in [3.63, 3.8) is 0 Å². The lowest BCUT2D eigenvalue weighted by molar-refractivity contribution is 0.0698. The summed E-state index contributed by atoms with van der Waals surface area (Å²) in [5, 5.41) is 12.1. The maximum Gasteiger partial charge on any atom is 0.337 e. The number of benzene rings is 1. The molecule has 0 heterocycles. The molecule has 0 saturated heterocycles. The summed E-state index contributed by atoms with van der Waals surface area (Å²) < 4.78 is 0. The first-order valence-electron chi connectivity index (χ1n) is 5.16. The van der Waals surface area contributed by atoms with E-state index in [2.05, 4.69) is 26.1 Å². The van der Waals surface area contributed by atoms with E-state index in [0.29, 0.717) is 0 Å². The smallest absolute Gasteiger partial charge is 0.337 e. The van der Waals surface area contributed by atoms with Crippen LogP contribution in [0.3, 0.4) is 0 Å². The van der Waals surface area contributed by atoms with Crippen LogP contribution in [0, 0.1) is 5.41 Å². The molecule has 1 aromatic carbocycles. The molecule has 1 aromatic rings. The van der Waals surface area contributed by atoms with E-state index in [1.165, 1.54) is 0 Å². The second-order valence-electron chi connectivity index (χ2n) is 5.02. The summed E-state index contributed by atoms with van der Waals surface area (Å²) in [4.78, 5) is 10.9. The molecular formula is C12H18N2O2. The van der Waals surface area contributed by atoms with E-state index in [9.17, 15) is 4.79 Å². The molecule has 88 valence electrons. The molecule has 0 fully saturated rings. The van der Waals surface area contributed by atoms with Crippen molar-refractivity contribution in [1.29, 1.82) is 0 Å². The normalized spacial score (nSPS) is 11.2. The molecule has 0 aliphatic heterocycles. The fourth-order valence-corrected chi connectivity index (χ4v) is 1.22. The monoisotopic (exact) mass is 222 g/mol. The van der Waals surface area contributed by atoms with Gasteiger partial charge in [-0.2, -0.15) is 0 Å². The minimum absolute atomic E-state index is 0.138. The van der Waals surface area contributed by atoms with Crippen molar-refractivity contribution in [2.45, 2.75) is 20.8 Å². The number of hydrogen-bond acceptors (Lipinski definition) is 3. The molecule has 0 bridgehead atoms. The van der Waals surface area contributed by atoms with E-state index in [1.807, 2.05) is 0 Å². The molecule has 4 nitrogen and oxygen atoms in total. The average Bonchev–Trinajstić information content (AvgIpc) is 2.14. The number of rotatable bonds is 3. The number of carbonyl (C=O) groups is 1. The molecule has 0 aliphatic carbocycles. The fourth-order valence-electron chi connectivity index (χ4n) is 1.22. The molecule has 0 atom stereocenters. The Hall–Kier alpha value is -1.71. The van der Waals surface area contributed by atoms with Crippen LogP contribution in [0.15, 0.2) is 18.2 Å². The third-order valence-electron chi connectivity index (χ3n) is 2.11. The molecular weight excluding hydrogens is 204 g/mol. The lowest BCUT2D eigenvalue weighted by Gasteiger charge is -2.20. The van der Waals surface area contributed by atoms with Gasteiger partial charge in [0.25, 0.3) is 0 Å². The zero-order valence-electron chi connectivity index (χ0n) is 9.87. The second kappa shape index (κ2) is 4.43. The summed E-state index contributed by atoms with van der Waals surface area (Å²) in [6.07, 6.45) is 0. The van der Waals surface area contributed by atoms with Gasteiger partial charge in [0.2, 0.25) is 0 Å². The van der Waals surface area contributed by atoms with Crippen molar-refractivity contribution < 1.29 is 9.90 Å². The number of nitrogens with two attached hydrogens (primary N) is 1. The zero-order valence-corrected chi connectivity index (χ0v) is 9.87. The predicted molar refractivity (Wildman–Crippen MR) is 65.8 cm³/mol. The van der Waals surface area contributed by atoms with Crippen molar-refractivity contribution in [1.82, 2.24) is 0 Å². The number of aromatic carboxylic acids is 1. The Morgan fingerprint density at radius 3 is 2.56 bits per heavy atom. The number of nitrogen functional groups attached to an aromatic ring is 1. The molecule has 0 aliphatic rings. The predicted octanol–water partition coefficient (Wildman–Crippen LogP) is 2.42. The molecule has 0 unspecified atom stereocenters. The van der Waals surface area contributed by atoms with Crippen LogP contribution >= 0.6 is 0 Å². The Morgan fingerprint density at radius 1 is 1.44 bits per heavy atom. The maximum atomic E-state index is 10.9. The van der Waals surface area contributed by atoms with Crippen LogP contribution in [0.5, 0.6) is 0 Å². The van der Waals surface area contributed by atoms with Crippen LogP contribution in [0.1, 0.15) is 31.1 Å². The molecule has 0 saturated carbocycles. The minimum Gasteiger partial charge on any atom is -0.478 e. The van der Waals surface area contributed by atoms with Gasteiger partial charge in [-0.15, -0.1) is 0 Å². The third kappa shape index (κ3) is 3.46. The highest BCUT2D eigenvalue weighted by Crippen LogP contribution is 2.20. The van der Waals surface area contributed by atoms with E-state index in [-0.39, 0.29) is 16.7 Å². The highest BCUT2D eigenvalue weighted by Gasteiger charge is 2.11. The van der Waals surface area contributed by atoms with Gasteiger partial charge in [-0.05, 0) is 23.6 Å². The Morgan fingerprint density at radius 2 is 2.06 bits per heavy atom.